The smallest absolute Gasteiger partial charge is 0.336 e. The summed E-state index contributed by atoms with van der Waals surface area (Å²) in [6.07, 6.45) is 0. The molecule has 0 aliphatic carbocycles. The van der Waals surface area contributed by atoms with Gasteiger partial charge in [-0.15, -0.1) is 0 Å². The zero-order valence-electron chi connectivity index (χ0n) is 11.6. The minimum absolute atomic E-state index is 0.335. The highest BCUT2D eigenvalue weighted by atomic mass is 16.4. The normalized spacial score (nSPS) is 12.2. The van der Waals surface area contributed by atoms with Crippen LogP contribution in [0.25, 0.3) is 0 Å². The van der Waals surface area contributed by atoms with Gasteiger partial charge in [0.05, 0.1) is 11.6 Å². The Balaban J connectivity index is 2.49. The standard InChI is InChI=1S/C16H18N2O2/c1-9-7-11(8-10(2)14(9)16(19)20)15(18)12-5-3-4-6-13(12)17/h3-8,15H,17-18H2,1-2H3,(H,19,20). The molecule has 2 aromatic rings. The highest BCUT2D eigenvalue weighted by Gasteiger charge is 2.17. The van der Waals surface area contributed by atoms with E-state index in [1.165, 1.54) is 0 Å². The molecule has 2 rings (SSSR count). The summed E-state index contributed by atoms with van der Waals surface area (Å²) in [5.74, 6) is -0.917. The van der Waals surface area contributed by atoms with E-state index in [9.17, 15) is 9.90 Å². The summed E-state index contributed by atoms with van der Waals surface area (Å²) in [6, 6.07) is 10.7. The van der Waals surface area contributed by atoms with Gasteiger partial charge in [0, 0.05) is 5.69 Å². The topological polar surface area (TPSA) is 89.3 Å². The SMILES string of the molecule is Cc1cc(C(N)c2ccccc2N)cc(C)c1C(=O)O. The van der Waals surface area contributed by atoms with Gasteiger partial charge in [0.1, 0.15) is 0 Å². The van der Waals surface area contributed by atoms with E-state index in [0.717, 1.165) is 11.1 Å². The van der Waals surface area contributed by atoms with Crippen molar-refractivity contribution in [2.45, 2.75) is 19.9 Å². The molecule has 0 spiro atoms. The number of anilines is 1. The molecule has 0 aromatic heterocycles. The van der Waals surface area contributed by atoms with Crippen molar-refractivity contribution in [2.24, 2.45) is 5.73 Å². The summed E-state index contributed by atoms with van der Waals surface area (Å²) in [7, 11) is 0. The second-order valence-electron chi connectivity index (χ2n) is 4.94. The maximum Gasteiger partial charge on any atom is 0.336 e. The number of hydrogen-bond donors (Lipinski definition) is 3. The lowest BCUT2D eigenvalue weighted by molar-refractivity contribution is 0.0695. The summed E-state index contributed by atoms with van der Waals surface area (Å²) >= 11 is 0. The number of nitrogens with two attached hydrogens (primary N) is 2. The molecule has 104 valence electrons. The monoisotopic (exact) mass is 270 g/mol. The van der Waals surface area contributed by atoms with Crippen LogP contribution in [-0.4, -0.2) is 11.1 Å². The largest absolute Gasteiger partial charge is 0.478 e. The molecule has 0 radical (unpaired) electrons. The maximum atomic E-state index is 11.2. The van der Waals surface area contributed by atoms with E-state index in [0.29, 0.717) is 22.4 Å². The molecule has 0 aliphatic rings. The molecule has 4 heteroatoms. The molecule has 1 atom stereocenters. The molecule has 4 nitrogen and oxygen atoms in total. The summed E-state index contributed by atoms with van der Waals surface area (Å²) < 4.78 is 0. The van der Waals surface area contributed by atoms with Crippen molar-refractivity contribution in [1.82, 2.24) is 0 Å². The predicted molar refractivity (Wildman–Crippen MR) is 79.8 cm³/mol. The van der Waals surface area contributed by atoms with Crippen molar-refractivity contribution >= 4 is 11.7 Å². The molecule has 20 heavy (non-hydrogen) atoms. The summed E-state index contributed by atoms with van der Waals surface area (Å²) in [5, 5.41) is 9.19. The van der Waals surface area contributed by atoms with E-state index in [1.807, 2.05) is 30.3 Å². The van der Waals surface area contributed by atoms with Crippen LogP contribution in [0, 0.1) is 13.8 Å². The number of hydrogen-bond acceptors (Lipinski definition) is 3. The van der Waals surface area contributed by atoms with E-state index in [1.54, 1.807) is 19.9 Å². The predicted octanol–water partition coefficient (Wildman–Crippen LogP) is 2.63. The minimum Gasteiger partial charge on any atom is -0.478 e. The van der Waals surface area contributed by atoms with E-state index in [4.69, 9.17) is 11.5 Å². The Kier molecular flexibility index (Phi) is 3.77. The van der Waals surface area contributed by atoms with E-state index < -0.39 is 5.97 Å². The molecule has 5 N–H and O–H groups in total. The van der Waals surface area contributed by atoms with Gasteiger partial charge in [-0.2, -0.15) is 0 Å². The average molecular weight is 270 g/mol. The molecular weight excluding hydrogens is 252 g/mol. The van der Waals surface area contributed by atoms with Gasteiger partial charge in [0.25, 0.3) is 0 Å². The lowest BCUT2D eigenvalue weighted by Crippen LogP contribution is -2.15. The Hall–Kier alpha value is -2.33. The van der Waals surface area contributed by atoms with Gasteiger partial charge in [0.2, 0.25) is 0 Å². The molecular formula is C16H18N2O2. The van der Waals surface area contributed by atoms with Gasteiger partial charge in [-0.1, -0.05) is 30.3 Å². The summed E-state index contributed by atoms with van der Waals surface area (Å²) in [6.45, 7) is 3.56. The van der Waals surface area contributed by atoms with Gasteiger partial charge in [-0.25, -0.2) is 4.79 Å². The number of aryl methyl sites for hydroxylation is 2. The zero-order chi connectivity index (χ0) is 14.9. The molecule has 0 saturated carbocycles. The first-order chi connectivity index (χ1) is 9.41. The highest BCUT2D eigenvalue weighted by molar-refractivity contribution is 5.91. The Morgan fingerprint density at radius 2 is 1.70 bits per heavy atom. The lowest BCUT2D eigenvalue weighted by atomic mass is 9.92. The van der Waals surface area contributed by atoms with Crippen LogP contribution in [0.15, 0.2) is 36.4 Å². The number of rotatable bonds is 3. The number of para-hydroxylation sites is 1. The van der Waals surface area contributed by atoms with Crippen LogP contribution in [-0.2, 0) is 0 Å². The summed E-state index contributed by atoms with van der Waals surface area (Å²) in [5.41, 5.74) is 16.3. The maximum absolute atomic E-state index is 11.2. The van der Waals surface area contributed by atoms with Gasteiger partial charge in [0.15, 0.2) is 0 Å². The van der Waals surface area contributed by atoms with Gasteiger partial charge in [-0.3, -0.25) is 0 Å². The number of nitrogen functional groups attached to an aromatic ring is 1. The molecule has 0 aliphatic heterocycles. The number of carbonyl (C=O) groups is 1. The Labute approximate surface area is 118 Å². The first-order valence-corrected chi connectivity index (χ1v) is 6.36. The Morgan fingerprint density at radius 3 is 2.20 bits per heavy atom. The van der Waals surface area contributed by atoms with Crippen LogP contribution in [0.2, 0.25) is 0 Å². The van der Waals surface area contributed by atoms with Crippen LogP contribution >= 0.6 is 0 Å². The molecule has 0 heterocycles. The third kappa shape index (κ3) is 2.51. The number of carboxylic acids is 1. The lowest BCUT2D eigenvalue weighted by Gasteiger charge is -2.17. The van der Waals surface area contributed by atoms with Crippen molar-refractivity contribution in [1.29, 1.82) is 0 Å². The molecule has 1 unspecified atom stereocenters. The Bertz CT molecular complexity index is 642. The number of benzene rings is 2. The van der Waals surface area contributed by atoms with Crippen LogP contribution in [0.1, 0.15) is 38.7 Å². The van der Waals surface area contributed by atoms with Gasteiger partial charge in [-0.05, 0) is 42.2 Å². The third-order valence-corrected chi connectivity index (χ3v) is 3.46. The van der Waals surface area contributed by atoms with Crippen LogP contribution in [0.4, 0.5) is 5.69 Å². The number of aromatic carboxylic acids is 1. The van der Waals surface area contributed by atoms with Crippen molar-refractivity contribution in [3.05, 3.63) is 64.2 Å². The van der Waals surface area contributed by atoms with E-state index >= 15 is 0 Å². The summed E-state index contributed by atoms with van der Waals surface area (Å²) in [4.78, 5) is 11.2. The first-order valence-electron chi connectivity index (χ1n) is 6.36. The van der Waals surface area contributed by atoms with E-state index in [-0.39, 0.29) is 6.04 Å². The van der Waals surface area contributed by atoms with Crippen LogP contribution < -0.4 is 11.5 Å². The molecule has 2 aromatic carbocycles. The van der Waals surface area contributed by atoms with Crippen molar-refractivity contribution in [2.75, 3.05) is 5.73 Å². The molecule has 0 amide bonds. The number of carboxylic acid groups (broad SMARTS) is 1. The third-order valence-electron chi connectivity index (χ3n) is 3.46. The van der Waals surface area contributed by atoms with Crippen molar-refractivity contribution in [3.8, 4) is 0 Å². The van der Waals surface area contributed by atoms with Crippen LogP contribution in [0.5, 0.6) is 0 Å². The van der Waals surface area contributed by atoms with Gasteiger partial charge >= 0.3 is 5.97 Å². The second kappa shape index (κ2) is 5.35. The molecule has 0 fully saturated rings. The zero-order valence-corrected chi connectivity index (χ0v) is 11.6. The van der Waals surface area contributed by atoms with Gasteiger partial charge < -0.3 is 16.6 Å². The quantitative estimate of drug-likeness (QED) is 0.748. The fraction of sp³-hybridized carbons (Fsp3) is 0.188. The van der Waals surface area contributed by atoms with Crippen LogP contribution in [0.3, 0.4) is 0 Å². The minimum atomic E-state index is -0.917. The first kappa shape index (κ1) is 14.1. The van der Waals surface area contributed by atoms with E-state index in [2.05, 4.69) is 0 Å². The highest BCUT2D eigenvalue weighted by Crippen LogP contribution is 2.27. The average Bonchev–Trinajstić information content (AvgIpc) is 2.37. The van der Waals surface area contributed by atoms with Crippen molar-refractivity contribution < 1.29 is 9.90 Å². The fourth-order valence-corrected chi connectivity index (χ4v) is 2.49. The molecule has 0 saturated heterocycles. The Morgan fingerprint density at radius 1 is 1.15 bits per heavy atom. The second-order valence-corrected chi connectivity index (χ2v) is 4.94. The van der Waals surface area contributed by atoms with Crippen molar-refractivity contribution in [3.63, 3.8) is 0 Å². The fourth-order valence-electron chi connectivity index (χ4n) is 2.49. The molecule has 0 bridgehead atoms.